The molecule has 0 saturated heterocycles. The first-order chi connectivity index (χ1) is 26.7. The van der Waals surface area contributed by atoms with Gasteiger partial charge in [-0.25, -0.2) is 4.85 Å². The summed E-state index contributed by atoms with van der Waals surface area (Å²) in [5, 5.41) is 15.6. The number of para-hydroxylation sites is 3. The maximum atomic E-state index is 11.1. The van der Waals surface area contributed by atoms with E-state index in [-0.39, 0.29) is 0 Å². The fraction of sp³-hybridized carbons (Fsp3) is 0. The molecule has 0 aliphatic rings. The number of fused-ring (bicyclic) bond motifs is 6. The second kappa shape index (κ2) is 12.5. The molecule has 2 aromatic heterocycles. The second-order valence-corrected chi connectivity index (χ2v) is 13.5. The number of nitrogens with zero attached hydrogens (tertiary/aromatic N) is 4. The zero-order valence-electron chi connectivity index (χ0n) is 29.1. The number of aromatic nitrogens is 2. The van der Waals surface area contributed by atoms with E-state index in [1.165, 1.54) is 10.8 Å². The van der Waals surface area contributed by atoms with Crippen LogP contribution < -0.4 is 0 Å². The molecule has 0 spiro atoms. The van der Waals surface area contributed by atoms with E-state index in [1.807, 2.05) is 66.7 Å². The minimum Gasteiger partial charge on any atom is -0.309 e. The van der Waals surface area contributed by atoms with Crippen molar-refractivity contribution in [2.24, 2.45) is 0 Å². The van der Waals surface area contributed by atoms with Crippen molar-refractivity contribution in [3.8, 4) is 50.8 Å². The van der Waals surface area contributed by atoms with E-state index in [0.29, 0.717) is 16.8 Å². The van der Waals surface area contributed by atoms with Crippen LogP contribution in [0, 0.1) is 17.9 Å². The summed E-state index contributed by atoms with van der Waals surface area (Å²) in [7, 11) is 0. The van der Waals surface area contributed by atoms with Crippen LogP contribution in [0.25, 0.3) is 93.2 Å². The second-order valence-electron chi connectivity index (χ2n) is 13.5. The lowest BCUT2D eigenvalue weighted by Crippen LogP contribution is -1.95. The van der Waals surface area contributed by atoms with Crippen LogP contribution in [0.5, 0.6) is 0 Å². The predicted octanol–water partition coefficient (Wildman–Crippen LogP) is 13.3. The molecular weight excluding hydrogens is 657 g/mol. The highest BCUT2D eigenvalue weighted by Crippen LogP contribution is 2.49. The van der Waals surface area contributed by atoms with Gasteiger partial charge in [-0.15, -0.1) is 0 Å². The third-order valence-corrected chi connectivity index (χ3v) is 10.6. The lowest BCUT2D eigenvalue weighted by Gasteiger charge is -2.18. The van der Waals surface area contributed by atoms with Crippen molar-refractivity contribution in [3.63, 3.8) is 0 Å². The molecule has 0 aliphatic heterocycles. The van der Waals surface area contributed by atoms with Crippen LogP contribution in [0.3, 0.4) is 0 Å². The summed E-state index contributed by atoms with van der Waals surface area (Å²) in [4.78, 5) is 4.11. The van der Waals surface area contributed by atoms with Crippen molar-refractivity contribution in [2.75, 3.05) is 0 Å². The third-order valence-electron chi connectivity index (χ3n) is 10.6. The summed E-state index contributed by atoms with van der Waals surface area (Å²) in [5.74, 6) is 0. The molecule has 0 aliphatic carbocycles. The zero-order valence-corrected chi connectivity index (χ0v) is 29.1. The average Bonchev–Trinajstić information content (AvgIpc) is 3.75. The van der Waals surface area contributed by atoms with Gasteiger partial charge in [-0.3, -0.25) is 0 Å². The fourth-order valence-electron chi connectivity index (χ4n) is 8.30. The Kier molecular flexibility index (Phi) is 7.22. The molecule has 0 amide bonds. The quantitative estimate of drug-likeness (QED) is 0.166. The first kappa shape index (κ1) is 31.1. The molecule has 0 N–H and O–H groups in total. The molecule has 10 aromatic rings. The van der Waals surface area contributed by atoms with Gasteiger partial charge in [-0.1, -0.05) is 133 Å². The van der Waals surface area contributed by atoms with E-state index < -0.39 is 0 Å². The van der Waals surface area contributed by atoms with Crippen LogP contribution in [0.2, 0.25) is 0 Å². The van der Waals surface area contributed by atoms with Gasteiger partial charge in [0.15, 0.2) is 0 Å². The van der Waals surface area contributed by atoms with Gasteiger partial charge in [0.1, 0.15) is 0 Å². The first-order valence-corrected chi connectivity index (χ1v) is 18.0. The Morgan fingerprint density at radius 2 is 0.981 bits per heavy atom. The summed E-state index contributed by atoms with van der Waals surface area (Å²) < 4.78 is 4.70. The maximum absolute atomic E-state index is 11.1. The van der Waals surface area contributed by atoms with Crippen molar-refractivity contribution in [3.05, 3.63) is 199 Å². The Balaban J connectivity index is 1.40. The van der Waals surface area contributed by atoms with Gasteiger partial charge in [-0.2, -0.15) is 5.26 Å². The Morgan fingerprint density at radius 3 is 1.63 bits per heavy atom. The van der Waals surface area contributed by atoms with Crippen molar-refractivity contribution < 1.29 is 0 Å². The number of hydrogen-bond acceptors (Lipinski definition) is 1. The Morgan fingerprint density at radius 1 is 0.444 bits per heavy atom. The smallest absolute Gasteiger partial charge is 0.203 e. The monoisotopic (exact) mass is 686 g/mol. The molecule has 250 valence electrons. The standard InChI is InChI=1S/C50H30N4/c1-52-50-39(33-17-6-2-7-18-33)29-40(43(32-51)48(50)34-19-8-3-9-20-34)38-26-16-28-45-49(38)42-31-46-41(30-47(42)54(45)36-23-12-5-13-24-36)37-25-14-15-27-44(37)53(46)35-21-10-4-11-22-35/h2-31H. The Hall–Kier alpha value is -7.66. The largest absolute Gasteiger partial charge is 0.309 e. The Labute approximate surface area is 312 Å². The number of rotatable bonds is 5. The zero-order chi connectivity index (χ0) is 36.2. The van der Waals surface area contributed by atoms with Crippen molar-refractivity contribution in [1.82, 2.24) is 9.13 Å². The predicted molar refractivity (Wildman–Crippen MR) is 222 cm³/mol. The molecule has 0 radical (unpaired) electrons. The SMILES string of the molecule is [C-]#[N+]c1c(-c2ccccc2)cc(-c2cccc3c2c2cc4c(cc2n3-c2ccccc2)c2ccccc2n4-c2ccccc2)c(C#N)c1-c1ccccc1. The normalized spacial score (nSPS) is 11.3. The highest BCUT2D eigenvalue weighted by Gasteiger charge is 2.25. The number of nitriles is 1. The van der Waals surface area contributed by atoms with Gasteiger partial charge in [0.25, 0.3) is 0 Å². The van der Waals surface area contributed by atoms with Crippen LogP contribution in [-0.4, -0.2) is 9.13 Å². The van der Waals surface area contributed by atoms with Crippen molar-refractivity contribution in [2.45, 2.75) is 0 Å². The molecule has 0 bridgehead atoms. The molecule has 0 saturated carbocycles. The summed E-state index contributed by atoms with van der Waals surface area (Å²) in [6, 6.07) is 65.3. The molecular formula is C50H30N4. The average molecular weight is 687 g/mol. The summed E-state index contributed by atoms with van der Waals surface area (Å²) in [6.07, 6.45) is 0. The third kappa shape index (κ3) is 4.68. The number of benzene rings is 8. The van der Waals surface area contributed by atoms with Crippen LogP contribution in [0.4, 0.5) is 5.69 Å². The molecule has 2 heterocycles. The highest BCUT2D eigenvalue weighted by molar-refractivity contribution is 6.22. The molecule has 10 rings (SSSR count). The molecule has 4 heteroatoms. The van der Waals surface area contributed by atoms with Gasteiger partial charge < -0.3 is 9.13 Å². The molecule has 0 fully saturated rings. The molecule has 0 atom stereocenters. The van der Waals surface area contributed by atoms with Gasteiger partial charge >= 0.3 is 0 Å². The van der Waals surface area contributed by atoms with E-state index >= 15 is 0 Å². The van der Waals surface area contributed by atoms with Crippen LogP contribution in [0.1, 0.15) is 5.56 Å². The van der Waals surface area contributed by atoms with Crippen LogP contribution in [-0.2, 0) is 0 Å². The van der Waals surface area contributed by atoms with E-state index in [9.17, 15) is 5.26 Å². The summed E-state index contributed by atoms with van der Waals surface area (Å²) in [6.45, 7) is 8.43. The summed E-state index contributed by atoms with van der Waals surface area (Å²) >= 11 is 0. The number of hydrogen-bond donors (Lipinski definition) is 0. The van der Waals surface area contributed by atoms with E-state index in [2.05, 4.69) is 135 Å². The molecule has 8 aromatic carbocycles. The van der Waals surface area contributed by atoms with Crippen LogP contribution in [0.15, 0.2) is 182 Å². The van der Waals surface area contributed by atoms with E-state index in [1.54, 1.807) is 0 Å². The van der Waals surface area contributed by atoms with Crippen LogP contribution >= 0.6 is 0 Å². The Bertz CT molecular complexity index is 3140. The first-order valence-electron chi connectivity index (χ1n) is 18.0. The van der Waals surface area contributed by atoms with Gasteiger partial charge in [0, 0.05) is 38.5 Å². The highest BCUT2D eigenvalue weighted by atomic mass is 15.0. The molecule has 54 heavy (non-hydrogen) atoms. The van der Waals surface area contributed by atoms with Gasteiger partial charge in [0.2, 0.25) is 5.69 Å². The topological polar surface area (TPSA) is 38.0 Å². The minimum atomic E-state index is 0.473. The molecule has 4 nitrogen and oxygen atoms in total. The van der Waals surface area contributed by atoms with Crippen molar-refractivity contribution in [1.29, 1.82) is 5.26 Å². The van der Waals surface area contributed by atoms with Crippen molar-refractivity contribution >= 4 is 49.3 Å². The van der Waals surface area contributed by atoms with Gasteiger partial charge in [-0.05, 0) is 76.3 Å². The minimum absolute atomic E-state index is 0.473. The van der Waals surface area contributed by atoms with E-state index in [0.717, 1.165) is 72.0 Å². The lowest BCUT2D eigenvalue weighted by atomic mass is 9.85. The summed E-state index contributed by atoms with van der Waals surface area (Å²) in [5.41, 5.74) is 12.4. The van der Waals surface area contributed by atoms with E-state index in [4.69, 9.17) is 6.57 Å². The lowest BCUT2D eigenvalue weighted by molar-refractivity contribution is 1.17. The van der Waals surface area contributed by atoms with Gasteiger partial charge in [0.05, 0.1) is 40.3 Å². The molecule has 0 unspecified atom stereocenters. The fourth-order valence-corrected chi connectivity index (χ4v) is 8.30. The maximum Gasteiger partial charge on any atom is 0.203 e.